The lowest BCUT2D eigenvalue weighted by Crippen LogP contribution is -2.17. The van der Waals surface area contributed by atoms with E-state index in [0.717, 1.165) is 35.2 Å². The molecule has 1 heterocycles. The van der Waals surface area contributed by atoms with Gasteiger partial charge in [0.05, 0.1) is 11.0 Å². The Balaban J connectivity index is 1.59. The number of nitrogens with one attached hydrogen (secondary N) is 1. The van der Waals surface area contributed by atoms with Crippen LogP contribution in [0.15, 0.2) is 54.9 Å². The third kappa shape index (κ3) is 4.58. The van der Waals surface area contributed by atoms with Gasteiger partial charge in [-0.3, -0.25) is 14.2 Å². The topological polar surface area (TPSA) is 87.2 Å². The van der Waals surface area contributed by atoms with E-state index in [2.05, 4.69) is 14.7 Å². The first kappa shape index (κ1) is 16.5. The minimum absolute atomic E-state index is 0.437. The van der Waals surface area contributed by atoms with Gasteiger partial charge in [0.1, 0.15) is 11.5 Å². The van der Waals surface area contributed by atoms with Crippen molar-refractivity contribution in [3.63, 3.8) is 0 Å². The quantitative estimate of drug-likeness (QED) is 0.527. The fourth-order valence-corrected chi connectivity index (χ4v) is 2.63. The van der Waals surface area contributed by atoms with Crippen LogP contribution >= 0.6 is 0 Å². The van der Waals surface area contributed by atoms with Gasteiger partial charge >= 0.3 is 0 Å². The molecule has 24 heavy (non-hydrogen) atoms. The normalized spacial score (nSPS) is 12.2. The molecule has 124 valence electrons. The lowest BCUT2D eigenvalue weighted by atomic mass is 10.1. The molecule has 0 saturated heterocycles. The molecular formula is C17H16N3O3S-. The van der Waals surface area contributed by atoms with Crippen LogP contribution in [-0.4, -0.2) is 25.3 Å². The van der Waals surface area contributed by atoms with Crippen molar-refractivity contribution in [2.45, 2.75) is 12.8 Å². The van der Waals surface area contributed by atoms with Gasteiger partial charge in [0.2, 0.25) is 0 Å². The second kappa shape index (κ2) is 7.96. The van der Waals surface area contributed by atoms with Crippen LogP contribution in [0.3, 0.4) is 0 Å². The number of aromatic nitrogens is 2. The summed E-state index contributed by atoms with van der Waals surface area (Å²) in [4.78, 5) is 8.48. The summed E-state index contributed by atoms with van der Waals surface area (Å²) in [5.41, 5.74) is 2.74. The molecule has 0 aliphatic rings. The number of rotatable bonds is 7. The monoisotopic (exact) mass is 342 g/mol. The van der Waals surface area contributed by atoms with E-state index in [1.807, 2.05) is 42.5 Å². The van der Waals surface area contributed by atoms with E-state index in [1.54, 1.807) is 12.4 Å². The first-order chi connectivity index (χ1) is 11.7. The second-order valence-electron chi connectivity index (χ2n) is 5.19. The number of benzene rings is 2. The molecule has 2 aromatic carbocycles. The van der Waals surface area contributed by atoms with Crippen molar-refractivity contribution in [3.05, 3.63) is 60.4 Å². The Labute approximate surface area is 142 Å². The predicted octanol–water partition coefficient (Wildman–Crippen LogP) is 2.74. The van der Waals surface area contributed by atoms with Gasteiger partial charge in [0.25, 0.3) is 0 Å². The van der Waals surface area contributed by atoms with Crippen LogP contribution in [0.1, 0.15) is 12.0 Å². The molecule has 0 spiro atoms. The van der Waals surface area contributed by atoms with Gasteiger partial charge < -0.3 is 9.29 Å². The van der Waals surface area contributed by atoms with E-state index < -0.39 is 11.3 Å². The maximum Gasteiger partial charge on any atom is 0.129 e. The van der Waals surface area contributed by atoms with Crippen LogP contribution in [0.5, 0.6) is 11.5 Å². The minimum Gasteiger partial charge on any atom is -0.760 e. The van der Waals surface area contributed by atoms with Gasteiger partial charge in [-0.15, -0.1) is 0 Å². The van der Waals surface area contributed by atoms with Gasteiger partial charge in [-0.05, 0) is 42.7 Å². The van der Waals surface area contributed by atoms with Crippen molar-refractivity contribution < 1.29 is 13.5 Å². The lowest BCUT2D eigenvalue weighted by molar-refractivity contribution is 0.483. The smallest absolute Gasteiger partial charge is 0.129 e. The Kier molecular flexibility index (Phi) is 5.47. The molecule has 1 unspecified atom stereocenters. The van der Waals surface area contributed by atoms with Crippen molar-refractivity contribution >= 4 is 22.3 Å². The molecule has 0 aliphatic heterocycles. The number of hydrogen-bond donors (Lipinski definition) is 1. The van der Waals surface area contributed by atoms with Crippen LogP contribution in [0.25, 0.3) is 11.0 Å². The lowest BCUT2D eigenvalue weighted by Gasteiger charge is -2.08. The fourth-order valence-electron chi connectivity index (χ4n) is 2.31. The highest BCUT2D eigenvalue weighted by atomic mass is 32.2. The van der Waals surface area contributed by atoms with Crippen molar-refractivity contribution in [1.29, 1.82) is 0 Å². The van der Waals surface area contributed by atoms with Crippen LogP contribution in [0, 0.1) is 0 Å². The van der Waals surface area contributed by atoms with Crippen molar-refractivity contribution in [3.8, 4) is 11.5 Å². The van der Waals surface area contributed by atoms with Crippen molar-refractivity contribution in [1.82, 2.24) is 14.7 Å². The average molecular weight is 342 g/mol. The molecule has 1 N–H and O–H groups in total. The molecule has 3 rings (SSSR count). The maximum absolute atomic E-state index is 10.4. The van der Waals surface area contributed by atoms with Crippen molar-refractivity contribution in [2.75, 3.05) is 6.54 Å². The average Bonchev–Trinajstić information content (AvgIpc) is 2.60. The maximum atomic E-state index is 10.4. The number of fused-ring (bicyclic) bond motifs is 1. The highest BCUT2D eigenvalue weighted by molar-refractivity contribution is 7.77. The van der Waals surface area contributed by atoms with Crippen LogP contribution in [0.4, 0.5) is 0 Å². The first-order valence-corrected chi connectivity index (χ1v) is 8.58. The van der Waals surface area contributed by atoms with E-state index in [4.69, 9.17) is 4.74 Å². The molecule has 7 heteroatoms. The fraction of sp³-hybridized carbons (Fsp3) is 0.176. The number of nitrogens with zero attached hydrogens (tertiary/aromatic N) is 2. The van der Waals surface area contributed by atoms with E-state index in [0.29, 0.717) is 12.3 Å². The first-order valence-electron chi connectivity index (χ1n) is 7.51. The summed E-state index contributed by atoms with van der Waals surface area (Å²) in [6, 6.07) is 13.3. The summed E-state index contributed by atoms with van der Waals surface area (Å²) in [6.07, 6.45) is 4.86. The molecule has 1 atom stereocenters. The second-order valence-corrected chi connectivity index (χ2v) is 5.94. The summed E-state index contributed by atoms with van der Waals surface area (Å²) in [7, 11) is 0. The van der Waals surface area contributed by atoms with E-state index in [-0.39, 0.29) is 0 Å². The van der Waals surface area contributed by atoms with E-state index in [9.17, 15) is 8.76 Å². The zero-order valence-electron chi connectivity index (χ0n) is 12.8. The predicted molar refractivity (Wildman–Crippen MR) is 91.3 cm³/mol. The Morgan fingerprint density at radius 1 is 1.00 bits per heavy atom. The summed E-state index contributed by atoms with van der Waals surface area (Å²) < 4.78 is 28.9. The van der Waals surface area contributed by atoms with E-state index in [1.165, 1.54) is 0 Å². The standard InChI is InChI=1S/C17H17N3O3S/c21-24(22)20-9-1-2-13-3-5-14(6-4-13)23-15-7-8-16-17(12-15)19-11-10-18-16/h3-8,10-12,20H,1-2,9H2,(H,21,22)/p-1. The number of hydrogen-bond acceptors (Lipinski definition) is 5. The van der Waals surface area contributed by atoms with Gasteiger partial charge in [-0.2, -0.15) is 0 Å². The van der Waals surface area contributed by atoms with Crippen LogP contribution in [-0.2, 0) is 17.7 Å². The third-order valence-corrected chi connectivity index (χ3v) is 3.90. The summed E-state index contributed by atoms with van der Waals surface area (Å²) in [6.45, 7) is 0.437. The van der Waals surface area contributed by atoms with Crippen molar-refractivity contribution in [2.24, 2.45) is 0 Å². The summed E-state index contributed by atoms with van der Waals surface area (Å²) in [5, 5.41) is 0. The summed E-state index contributed by atoms with van der Waals surface area (Å²) >= 11 is -2.19. The zero-order valence-corrected chi connectivity index (χ0v) is 13.7. The van der Waals surface area contributed by atoms with Gasteiger partial charge in [-0.25, -0.2) is 4.72 Å². The summed E-state index contributed by atoms with van der Waals surface area (Å²) in [5.74, 6) is 1.44. The molecule has 6 nitrogen and oxygen atoms in total. The molecule has 3 aromatic rings. The van der Waals surface area contributed by atoms with Gasteiger partial charge in [0.15, 0.2) is 0 Å². The van der Waals surface area contributed by atoms with Crippen LogP contribution < -0.4 is 9.46 Å². The number of aryl methyl sites for hydroxylation is 1. The molecule has 0 bridgehead atoms. The Hall–Kier alpha value is -2.35. The largest absolute Gasteiger partial charge is 0.760 e. The third-order valence-electron chi connectivity index (χ3n) is 3.46. The molecule has 0 radical (unpaired) electrons. The highest BCUT2D eigenvalue weighted by Gasteiger charge is 2.01. The highest BCUT2D eigenvalue weighted by Crippen LogP contribution is 2.24. The molecule has 0 saturated carbocycles. The Morgan fingerprint density at radius 2 is 1.71 bits per heavy atom. The zero-order chi connectivity index (χ0) is 16.8. The molecule has 1 aromatic heterocycles. The molecule has 0 fully saturated rings. The van der Waals surface area contributed by atoms with E-state index >= 15 is 0 Å². The molecule has 0 aliphatic carbocycles. The number of ether oxygens (including phenoxy) is 1. The molecule has 0 amide bonds. The van der Waals surface area contributed by atoms with Crippen LogP contribution in [0.2, 0.25) is 0 Å². The molecular weight excluding hydrogens is 326 g/mol. The van der Waals surface area contributed by atoms with Gasteiger partial charge in [-0.1, -0.05) is 12.1 Å². The Bertz CT molecular complexity index is 840. The minimum atomic E-state index is -2.19. The van der Waals surface area contributed by atoms with Gasteiger partial charge in [0, 0.05) is 36.3 Å². The Morgan fingerprint density at radius 3 is 2.46 bits per heavy atom. The SMILES string of the molecule is O=S([O-])NCCCc1ccc(Oc2ccc3nccnc3c2)cc1.